The third-order valence-electron chi connectivity index (χ3n) is 3.08. The largest absolute Gasteiger partial charge is 0.496 e. The van der Waals surface area contributed by atoms with Crippen LogP contribution >= 0.6 is 0 Å². The third-order valence-corrected chi connectivity index (χ3v) is 3.08. The molecule has 0 aliphatic carbocycles. The summed E-state index contributed by atoms with van der Waals surface area (Å²) in [5, 5.41) is 0. The van der Waals surface area contributed by atoms with Crippen molar-refractivity contribution in [2.24, 2.45) is 5.73 Å². The van der Waals surface area contributed by atoms with Crippen LogP contribution in [0, 0.1) is 13.8 Å². The smallest absolute Gasteiger partial charge is 0.145 e. The molecule has 100 valence electrons. The van der Waals surface area contributed by atoms with Crippen LogP contribution in [0.25, 0.3) is 0 Å². The number of aryl methyl sites for hydroxylation is 1. The maximum absolute atomic E-state index is 6.12. The second-order valence-electron chi connectivity index (χ2n) is 4.46. The van der Waals surface area contributed by atoms with Crippen LogP contribution in [0.5, 0.6) is 5.75 Å². The summed E-state index contributed by atoms with van der Waals surface area (Å²) in [4.78, 5) is 12.8. The van der Waals surface area contributed by atoms with Crippen LogP contribution in [0.3, 0.4) is 0 Å². The molecule has 2 rings (SSSR count). The lowest BCUT2D eigenvalue weighted by molar-refractivity contribution is 0.406. The van der Waals surface area contributed by atoms with E-state index in [0.29, 0.717) is 12.2 Å². The highest BCUT2D eigenvalue weighted by molar-refractivity contribution is 5.41. The summed E-state index contributed by atoms with van der Waals surface area (Å²) < 4.78 is 5.39. The lowest BCUT2D eigenvalue weighted by Crippen LogP contribution is -2.18. The summed E-state index contributed by atoms with van der Waals surface area (Å²) in [6.45, 7) is 3.97. The number of rotatable bonds is 4. The molecule has 1 atom stereocenters. The van der Waals surface area contributed by atoms with Gasteiger partial charge in [0.15, 0.2) is 0 Å². The van der Waals surface area contributed by atoms with Gasteiger partial charge in [-0.2, -0.15) is 0 Å². The highest BCUT2D eigenvalue weighted by Gasteiger charge is 2.15. The molecule has 0 spiro atoms. The second-order valence-corrected chi connectivity index (χ2v) is 4.46. The van der Waals surface area contributed by atoms with Gasteiger partial charge in [-0.1, -0.05) is 0 Å². The molecular weight excluding hydrogens is 240 g/mol. The lowest BCUT2D eigenvalue weighted by Gasteiger charge is -2.14. The Hall–Kier alpha value is -2.01. The van der Waals surface area contributed by atoms with Gasteiger partial charge in [-0.25, -0.2) is 9.97 Å². The molecule has 0 aromatic carbocycles. The molecular formula is C14H18N4O. The molecule has 19 heavy (non-hydrogen) atoms. The zero-order chi connectivity index (χ0) is 13.8. The predicted molar refractivity (Wildman–Crippen MR) is 72.9 cm³/mol. The first kappa shape index (κ1) is 13.4. The van der Waals surface area contributed by atoms with Crippen LogP contribution in [0.4, 0.5) is 0 Å². The Kier molecular flexibility index (Phi) is 4.06. The van der Waals surface area contributed by atoms with Crippen LogP contribution < -0.4 is 10.5 Å². The maximum Gasteiger partial charge on any atom is 0.145 e. The van der Waals surface area contributed by atoms with Crippen molar-refractivity contribution in [3.05, 3.63) is 47.3 Å². The molecule has 2 aromatic rings. The van der Waals surface area contributed by atoms with Gasteiger partial charge in [-0.3, -0.25) is 4.98 Å². The van der Waals surface area contributed by atoms with Crippen molar-refractivity contribution in [3.63, 3.8) is 0 Å². The zero-order valence-electron chi connectivity index (χ0n) is 11.4. The van der Waals surface area contributed by atoms with Crippen molar-refractivity contribution in [1.29, 1.82) is 0 Å². The fourth-order valence-corrected chi connectivity index (χ4v) is 2.08. The fraction of sp³-hybridized carbons (Fsp3) is 0.357. The highest BCUT2D eigenvalue weighted by atomic mass is 16.5. The van der Waals surface area contributed by atoms with E-state index in [2.05, 4.69) is 15.0 Å². The monoisotopic (exact) mass is 258 g/mol. The molecule has 0 aliphatic heterocycles. The Morgan fingerprint density at radius 3 is 2.53 bits per heavy atom. The number of nitrogens with zero attached hydrogens (tertiary/aromatic N) is 3. The maximum atomic E-state index is 6.12. The second kappa shape index (κ2) is 5.75. The van der Waals surface area contributed by atoms with E-state index in [1.165, 1.54) is 0 Å². The van der Waals surface area contributed by atoms with Crippen molar-refractivity contribution >= 4 is 0 Å². The number of nitrogens with two attached hydrogens (primary N) is 1. The van der Waals surface area contributed by atoms with E-state index in [1.807, 2.05) is 13.8 Å². The Labute approximate surface area is 112 Å². The molecule has 0 aliphatic rings. The van der Waals surface area contributed by atoms with E-state index in [9.17, 15) is 0 Å². The van der Waals surface area contributed by atoms with E-state index < -0.39 is 0 Å². The van der Waals surface area contributed by atoms with Gasteiger partial charge in [0.1, 0.15) is 11.6 Å². The minimum atomic E-state index is -0.264. The number of aromatic nitrogens is 3. The Balaban J connectivity index is 2.25. The molecule has 5 nitrogen and oxygen atoms in total. The van der Waals surface area contributed by atoms with Crippen LogP contribution in [0.1, 0.15) is 28.7 Å². The summed E-state index contributed by atoms with van der Waals surface area (Å²) in [6, 6.07) is 1.51. The quantitative estimate of drug-likeness (QED) is 0.904. The van der Waals surface area contributed by atoms with Gasteiger partial charge in [0.05, 0.1) is 13.2 Å². The third kappa shape index (κ3) is 2.88. The summed E-state index contributed by atoms with van der Waals surface area (Å²) >= 11 is 0. The Bertz CT molecular complexity index is 557. The molecule has 0 amide bonds. The van der Waals surface area contributed by atoms with E-state index in [4.69, 9.17) is 10.5 Å². The van der Waals surface area contributed by atoms with Gasteiger partial charge in [0.2, 0.25) is 0 Å². The van der Waals surface area contributed by atoms with Crippen LogP contribution in [-0.4, -0.2) is 22.1 Å². The fourth-order valence-electron chi connectivity index (χ4n) is 2.08. The van der Waals surface area contributed by atoms with Crippen molar-refractivity contribution in [2.75, 3.05) is 7.11 Å². The summed E-state index contributed by atoms with van der Waals surface area (Å²) in [5.74, 6) is 1.49. The molecule has 0 saturated carbocycles. The number of ether oxygens (including phenoxy) is 1. The number of methoxy groups -OCH3 is 1. The topological polar surface area (TPSA) is 73.9 Å². The Morgan fingerprint density at radius 2 is 1.89 bits per heavy atom. The van der Waals surface area contributed by atoms with Crippen LogP contribution in [0.2, 0.25) is 0 Å². The van der Waals surface area contributed by atoms with Gasteiger partial charge >= 0.3 is 0 Å². The van der Waals surface area contributed by atoms with E-state index >= 15 is 0 Å². The van der Waals surface area contributed by atoms with Crippen LogP contribution in [-0.2, 0) is 6.42 Å². The molecule has 0 bridgehead atoms. The molecule has 0 radical (unpaired) electrons. The van der Waals surface area contributed by atoms with E-state index in [-0.39, 0.29) is 6.04 Å². The first-order chi connectivity index (χ1) is 9.13. The standard InChI is InChI=1S/C14H18N4O/c1-9-8-18-12(10(2)13(9)19-3)7-11(15)14-16-5-4-6-17-14/h4-6,8,11H,7,15H2,1-3H3. The highest BCUT2D eigenvalue weighted by Crippen LogP contribution is 2.25. The summed E-state index contributed by atoms with van der Waals surface area (Å²) in [7, 11) is 1.67. The number of pyridine rings is 1. The normalized spacial score (nSPS) is 12.2. The predicted octanol–water partition coefficient (Wildman–Crippen LogP) is 1.74. The zero-order valence-corrected chi connectivity index (χ0v) is 11.4. The minimum absolute atomic E-state index is 0.264. The lowest BCUT2D eigenvalue weighted by atomic mass is 10.0. The van der Waals surface area contributed by atoms with Gasteiger partial charge in [0, 0.05) is 41.8 Å². The average Bonchev–Trinajstić information content (AvgIpc) is 2.43. The van der Waals surface area contributed by atoms with Crippen molar-refractivity contribution < 1.29 is 4.74 Å². The minimum Gasteiger partial charge on any atom is -0.496 e. The molecule has 0 fully saturated rings. The van der Waals surface area contributed by atoms with Gasteiger partial charge in [-0.05, 0) is 19.9 Å². The molecule has 5 heteroatoms. The average molecular weight is 258 g/mol. The molecule has 2 heterocycles. The molecule has 0 saturated heterocycles. The van der Waals surface area contributed by atoms with Crippen molar-refractivity contribution in [1.82, 2.24) is 15.0 Å². The van der Waals surface area contributed by atoms with E-state index in [0.717, 1.165) is 22.6 Å². The van der Waals surface area contributed by atoms with Gasteiger partial charge < -0.3 is 10.5 Å². The summed E-state index contributed by atoms with van der Waals surface area (Å²) in [6.07, 6.45) is 5.78. The van der Waals surface area contributed by atoms with Crippen molar-refractivity contribution in [3.8, 4) is 5.75 Å². The van der Waals surface area contributed by atoms with Gasteiger partial charge in [0.25, 0.3) is 0 Å². The SMILES string of the molecule is COc1c(C)cnc(CC(N)c2ncccn2)c1C. The number of hydrogen-bond acceptors (Lipinski definition) is 5. The van der Waals surface area contributed by atoms with Crippen molar-refractivity contribution in [2.45, 2.75) is 26.3 Å². The molecule has 1 unspecified atom stereocenters. The molecule has 2 aromatic heterocycles. The van der Waals surface area contributed by atoms with Crippen LogP contribution in [0.15, 0.2) is 24.7 Å². The first-order valence-corrected chi connectivity index (χ1v) is 6.15. The summed E-state index contributed by atoms with van der Waals surface area (Å²) in [5.41, 5.74) is 9.08. The molecule has 2 N–H and O–H groups in total. The van der Waals surface area contributed by atoms with E-state index in [1.54, 1.807) is 31.8 Å². The number of hydrogen-bond donors (Lipinski definition) is 1. The van der Waals surface area contributed by atoms with Gasteiger partial charge in [-0.15, -0.1) is 0 Å². The Morgan fingerprint density at radius 1 is 1.21 bits per heavy atom. The first-order valence-electron chi connectivity index (χ1n) is 6.15.